The van der Waals surface area contributed by atoms with Gasteiger partial charge in [-0.05, 0) is 62.2 Å². The molecule has 1 aliphatic rings. The Balaban J connectivity index is 1.62. The fraction of sp³-hybridized carbons (Fsp3) is 0.385. The molecule has 0 spiro atoms. The summed E-state index contributed by atoms with van der Waals surface area (Å²) in [7, 11) is 0. The van der Waals surface area contributed by atoms with Crippen molar-refractivity contribution >= 4 is 22.7 Å². The molecular weight excluding hydrogens is 442 g/mol. The molecule has 0 saturated carbocycles. The first-order chi connectivity index (χ1) is 16.8. The van der Waals surface area contributed by atoms with E-state index in [1.165, 1.54) is 11.1 Å². The third kappa shape index (κ3) is 4.21. The summed E-state index contributed by atoms with van der Waals surface area (Å²) >= 11 is 0. The van der Waals surface area contributed by atoms with Gasteiger partial charge in [0.1, 0.15) is 5.39 Å². The van der Waals surface area contributed by atoms with Crippen LogP contribution in [0.3, 0.4) is 0 Å². The first kappa shape index (κ1) is 23.2. The van der Waals surface area contributed by atoms with E-state index in [-0.39, 0.29) is 18.2 Å². The Morgan fingerprint density at radius 1 is 1.17 bits per heavy atom. The summed E-state index contributed by atoms with van der Waals surface area (Å²) in [6.07, 6.45) is 4.31. The number of aliphatic hydroxyl groups excluding tert-OH is 1. The van der Waals surface area contributed by atoms with Gasteiger partial charge in [-0.2, -0.15) is 4.98 Å². The van der Waals surface area contributed by atoms with E-state index in [1.807, 2.05) is 50.6 Å². The number of nitrogens with zero attached hydrogens (tertiary/aromatic N) is 5. The van der Waals surface area contributed by atoms with Crippen LogP contribution < -0.4 is 16.2 Å². The lowest BCUT2D eigenvalue weighted by atomic mass is 9.90. The lowest BCUT2D eigenvalue weighted by Crippen LogP contribution is -2.26. The average molecular weight is 474 g/mol. The topological polar surface area (TPSA) is 110 Å². The highest BCUT2D eigenvalue weighted by Crippen LogP contribution is 2.26. The van der Waals surface area contributed by atoms with E-state index in [2.05, 4.69) is 32.7 Å². The van der Waals surface area contributed by atoms with Crippen LogP contribution in [0.25, 0.3) is 16.7 Å². The highest BCUT2D eigenvalue weighted by Gasteiger charge is 2.24. The lowest BCUT2D eigenvalue weighted by molar-refractivity contribution is 0.215. The molecule has 0 atom stereocenters. The maximum atomic E-state index is 13.3. The van der Waals surface area contributed by atoms with Crippen LogP contribution in [-0.4, -0.2) is 42.6 Å². The van der Waals surface area contributed by atoms with E-state index >= 15 is 0 Å². The van der Waals surface area contributed by atoms with Gasteiger partial charge < -0.3 is 15.7 Å². The zero-order valence-electron chi connectivity index (χ0n) is 20.5. The summed E-state index contributed by atoms with van der Waals surface area (Å²) in [5, 5.41) is 17.0. The SMILES string of the molecule is CC(C)n1c(=O)c2cnc(Nc3ccc4c(c3)CNCC4)nc2n1-c1ccnc(C(C)(C)CO)c1. The second-order valence-electron chi connectivity index (χ2n) is 9.96. The number of fused-ring (bicyclic) bond motifs is 2. The Labute approximate surface area is 203 Å². The van der Waals surface area contributed by atoms with Gasteiger partial charge in [-0.1, -0.05) is 19.9 Å². The third-order valence-electron chi connectivity index (χ3n) is 6.54. The quantitative estimate of drug-likeness (QED) is 0.394. The Hall–Kier alpha value is -3.56. The van der Waals surface area contributed by atoms with E-state index in [0.29, 0.717) is 17.0 Å². The smallest absolute Gasteiger partial charge is 0.278 e. The third-order valence-corrected chi connectivity index (χ3v) is 6.54. The first-order valence-corrected chi connectivity index (χ1v) is 12.0. The van der Waals surface area contributed by atoms with E-state index < -0.39 is 5.41 Å². The van der Waals surface area contributed by atoms with E-state index in [9.17, 15) is 9.90 Å². The average Bonchev–Trinajstić information content (AvgIpc) is 3.16. The van der Waals surface area contributed by atoms with E-state index in [4.69, 9.17) is 4.98 Å². The minimum absolute atomic E-state index is 0.0423. The molecule has 35 heavy (non-hydrogen) atoms. The highest BCUT2D eigenvalue weighted by atomic mass is 16.3. The Morgan fingerprint density at radius 3 is 2.77 bits per heavy atom. The van der Waals surface area contributed by atoms with E-state index in [0.717, 1.165) is 36.6 Å². The van der Waals surface area contributed by atoms with Crippen LogP contribution in [0.1, 0.15) is 50.6 Å². The van der Waals surface area contributed by atoms with Crippen LogP contribution in [0, 0.1) is 0 Å². The van der Waals surface area contributed by atoms with Gasteiger partial charge >= 0.3 is 0 Å². The standard InChI is InChI=1S/C26H31N7O2/c1-16(2)32-24(35)21-14-29-25(30-19-6-5-17-7-9-27-13-18(17)11-19)31-23(21)33(32)20-8-10-28-22(12-20)26(3,4)15-34/h5-6,8,10-12,14,16,27,34H,7,9,13,15H2,1-4H3,(H,29,30,31). The van der Waals surface area contributed by atoms with Crippen LogP contribution in [0.4, 0.5) is 11.6 Å². The molecule has 0 aliphatic carbocycles. The van der Waals surface area contributed by atoms with Crippen molar-refractivity contribution in [1.82, 2.24) is 29.6 Å². The molecule has 4 aromatic rings. The molecule has 3 aromatic heterocycles. The molecule has 1 aromatic carbocycles. The predicted molar refractivity (Wildman–Crippen MR) is 137 cm³/mol. The van der Waals surface area contributed by atoms with Gasteiger partial charge in [0.05, 0.1) is 18.0 Å². The van der Waals surface area contributed by atoms with E-state index in [1.54, 1.807) is 17.1 Å². The molecule has 0 amide bonds. The van der Waals surface area contributed by atoms with Gasteiger partial charge in [-0.15, -0.1) is 0 Å². The summed E-state index contributed by atoms with van der Waals surface area (Å²) in [4.78, 5) is 27.0. The maximum Gasteiger partial charge on any atom is 0.278 e. The fourth-order valence-corrected chi connectivity index (χ4v) is 4.46. The number of nitrogens with one attached hydrogen (secondary N) is 2. The molecule has 0 bridgehead atoms. The normalized spacial score (nSPS) is 13.9. The van der Waals surface area contributed by atoms with Crippen LogP contribution in [0.5, 0.6) is 0 Å². The van der Waals surface area contributed by atoms with Crippen molar-refractivity contribution < 1.29 is 5.11 Å². The summed E-state index contributed by atoms with van der Waals surface area (Å²) < 4.78 is 3.50. The van der Waals surface area contributed by atoms with Crippen molar-refractivity contribution in [2.75, 3.05) is 18.5 Å². The van der Waals surface area contributed by atoms with Gasteiger partial charge in [0.25, 0.3) is 5.56 Å². The molecule has 4 heterocycles. The van der Waals surface area contributed by atoms with Crippen molar-refractivity contribution in [3.63, 3.8) is 0 Å². The number of hydrogen-bond donors (Lipinski definition) is 3. The predicted octanol–water partition coefficient (Wildman–Crippen LogP) is 3.22. The fourth-order valence-electron chi connectivity index (χ4n) is 4.46. The molecular formula is C26H31N7O2. The Kier molecular flexibility index (Phi) is 5.90. The number of pyridine rings is 1. The largest absolute Gasteiger partial charge is 0.395 e. The van der Waals surface area contributed by atoms with Crippen LogP contribution in [0.2, 0.25) is 0 Å². The van der Waals surface area contributed by atoms with Crippen LogP contribution in [-0.2, 0) is 18.4 Å². The number of anilines is 2. The molecule has 9 heteroatoms. The monoisotopic (exact) mass is 473 g/mol. The Morgan fingerprint density at radius 2 is 2.00 bits per heavy atom. The minimum Gasteiger partial charge on any atom is -0.395 e. The summed E-state index contributed by atoms with van der Waals surface area (Å²) in [6, 6.07) is 9.94. The molecule has 5 rings (SSSR count). The van der Waals surface area contributed by atoms with Crippen molar-refractivity contribution in [3.05, 3.63) is 69.9 Å². The second-order valence-corrected chi connectivity index (χ2v) is 9.96. The minimum atomic E-state index is -0.523. The van der Waals surface area contributed by atoms with Gasteiger partial charge in [-0.25, -0.2) is 14.3 Å². The molecule has 9 nitrogen and oxygen atoms in total. The van der Waals surface area contributed by atoms with Crippen molar-refractivity contribution in [2.45, 2.75) is 52.1 Å². The van der Waals surface area contributed by atoms with Gasteiger partial charge in [-0.3, -0.25) is 9.78 Å². The zero-order valence-corrected chi connectivity index (χ0v) is 20.5. The number of aromatic nitrogens is 5. The molecule has 3 N–H and O–H groups in total. The molecule has 0 fully saturated rings. The summed E-state index contributed by atoms with van der Waals surface area (Å²) in [5.74, 6) is 0.417. The van der Waals surface area contributed by atoms with Crippen LogP contribution in [0.15, 0.2) is 47.5 Å². The second kappa shape index (κ2) is 8.90. The zero-order chi connectivity index (χ0) is 24.7. The number of benzene rings is 1. The van der Waals surface area contributed by atoms with Crippen molar-refractivity contribution in [2.24, 2.45) is 0 Å². The number of aliphatic hydroxyl groups is 1. The first-order valence-electron chi connectivity index (χ1n) is 12.0. The molecule has 0 saturated heterocycles. The summed E-state index contributed by atoms with van der Waals surface area (Å²) in [6.45, 7) is 9.58. The number of rotatable bonds is 6. The van der Waals surface area contributed by atoms with Crippen LogP contribution >= 0.6 is 0 Å². The maximum absolute atomic E-state index is 13.3. The summed E-state index contributed by atoms with van der Waals surface area (Å²) in [5.41, 5.74) is 4.85. The number of hydrogen-bond acceptors (Lipinski definition) is 7. The lowest BCUT2D eigenvalue weighted by Gasteiger charge is -2.22. The molecule has 1 aliphatic heterocycles. The molecule has 0 unspecified atom stereocenters. The molecule has 0 radical (unpaired) electrons. The highest BCUT2D eigenvalue weighted by molar-refractivity contribution is 5.77. The Bertz CT molecular complexity index is 1450. The molecule has 182 valence electrons. The van der Waals surface area contributed by atoms with Gasteiger partial charge in [0, 0.05) is 36.1 Å². The van der Waals surface area contributed by atoms with Crippen molar-refractivity contribution in [3.8, 4) is 5.69 Å². The van der Waals surface area contributed by atoms with Gasteiger partial charge in [0.15, 0.2) is 5.65 Å². The van der Waals surface area contributed by atoms with Crippen molar-refractivity contribution in [1.29, 1.82) is 0 Å². The van der Waals surface area contributed by atoms with Gasteiger partial charge in [0.2, 0.25) is 5.95 Å².